The van der Waals surface area contributed by atoms with E-state index < -0.39 is 15.5 Å². The number of hydrogen-bond donors (Lipinski definition) is 2. The van der Waals surface area contributed by atoms with Crippen molar-refractivity contribution in [2.24, 2.45) is 4.99 Å². The lowest BCUT2D eigenvalue weighted by atomic mass is 10.1. The maximum absolute atomic E-state index is 12.6. The Morgan fingerprint density at radius 1 is 1.10 bits per heavy atom. The number of nitrogens with zero attached hydrogens (tertiary/aromatic N) is 4. The lowest BCUT2D eigenvalue weighted by molar-refractivity contribution is -0.0494. The molecular weight excluding hydrogens is 524 g/mol. The van der Waals surface area contributed by atoms with Gasteiger partial charge in [0.1, 0.15) is 0 Å². The molecule has 8 nitrogen and oxygen atoms in total. The Labute approximate surface area is 188 Å². The Morgan fingerprint density at radius 3 is 2.34 bits per heavy atom. The Morgan fingerprint density at radius 2 is 1.76 bits per heavy atom. The molecule has 0 spiro atoms. The first-order valence-corrected chi connectivity index (χ1v) is 11.0. The van der Waals surface area contributed by atoms with Crippen molar-refractivity contribution in [1.82, 2.24) is 24.7 Å². The summed E-state index contributed by atoms with van der Waals surface area (Å²) < 4.78 is 61.4. The fourth-order valence-corrected chi connectivity index (χ4v) is 4.42. The SMILES string of the molecule is CN=C(NCCN1CCCN(C)CC1)NC1CCN(S(=O)(=O)C(F)(F)F)CC1.I. The lowest BCUT2D eigenvalue weighted by Gasteiger charge is -2.32. The first-order chi connectivity index (χ1) is 13.1. The zero-order valence-electron chi connectivity index (χ0n) is 16.9. The van der Waals surface area contributed by atoms with E-state index in [1.807, 2.05) is 0 Å². The van der Waals surface area contributed by atoms with Gasteiger partial charge in [0.05, 0.1) is 0 Å². The van der Waals surface area contributed by atoms with Crippen LogP contribution in [0.2, 0.25) is 0 Å². The number of guanidine groups is 1. The number of hydrogen-bond acceptors (Lipinski definition) is 5. The predicted molar refractivity (Wildman–Crippen MR) is 118 cm³/mol. The molecule has 0 unspecified atom stereocenters. The van der Waals surface area contributed by atoms with Crippen LogP contribution >= 0.6 is 24.0 Å². The van der Waals surface area contributed by atoms with Crippen LogP contribution < -0.4 is 10.6 Å². The van der Waals surface area contributed by atoms with Crippen LogP contribution in [0.25, 0.3) is 0 Å². The molecule has 2 rings (SSSR count). The molecule has 0 saturated carbocycles. The summed E-state index contributed by atoms with van der Waals surface area (Å²) in [6.07, 6.45) is 1.74. The molecule has 2 heterocycles. The molecular formula is C16H32F3IN6O2S. The third-order valence-electron chi connectivity index (χ3n) is 5.18. The summed E-state index contributed by atoms with van der Waals surface area (Å²) in [6.45, 7) is 5.53. The van der Waals surface area contributed by atoms with Crippen LogP contribution in [-0.2, 0) is 10.0 Å². The second-order valence-corrected chi connectivity index (χ2v) is 9.20. The summed E-state index contributed by atoms with van der Waals surface area (Å²) in [5.41, 5.74) is -5.24. The fraction of sp³-hybridized carbons (Fsp3) is 0.938. The number of halogens is 4. The van der Waals surface area contributed by atoms with Crippen molar-refractivity contribution in [2.75, 3.05) is 66.5 Å². The van der Waals surface area contributed by atoms with Gasteiger partial charge in [-0.3, -0.25) is 4.99 Å². The third kappa shape index (κ3) is 7.99. The van der Waals surface area contributed by atoms with E-state index in [4.69, 9.17) is 0 Å². The van der Waals surface area contributed by atoms with E-state index in [1.165, 1.54) is 0 Å². The number of sulfonamides is 1. The zero-order valence-corrected chi connectivity index (χ0v) is 20.1. The third-order valence-corrected chi connectivity index (χ3v) is 6.81. The molecule has 0 radical (unpaired) electrons. The minimum Gasteiger partial charge on any atom is -0.355 e. The number of alkyl halides is 3. The minimum atomic E-state index is -5.24. The predicted octanol–water partition coefficient (Wildman–Crippen LogP) is 0.721. The van der Waals surface area contributed by atoms with E-state index >= 15 is 0 Å². The Hall–Kier alpha value is -0.380. The van der Waals surface area contributed by atoms with Crippen molar-refractivity contribution in [3.05, 3.63) is 0 Å². The summed E-state index contributed by atoms with van der Waals surface area (Å²) >= 11 is 0. The maximum Gasteiger partial charge on any atom is 0.511 e. The molecule has 2 N–H and O–H groups in total. The van der Waals surface area contributed by atoms with Gasteiger partial charge in [-0.25, -0.2) is 8.42 Å². The van der Waals surface area contributed by atoms with Crippen molar-refractivity contribution in [3.63, 3.8) is 0 Å². The first-order valence-electron chi connectivity index (χ1n) is 9.58. The van der Waals surface area contributed by atoms with Crippen molar-refractivity contribution in [2.45, 2.75) is 30.8 Å². The molecule has 2 aliphatic rings. The van der Waals surface area contributed by atoms with Gasteiger partial charge in [-0.1, -0.05) is 0 Å². The molecule has 0 aliphatic carbocycles. The van der Waals surface area contributed by atoms with Crippen LogP contribution in [0, 0.1) is 0 Å². The number of piperidine rings is 1. The van der Waals surface area contributed by atoms with E-state index in [-0.39, 0.29) is 43.1 Å². The highest BCUT2D eigenvalue weighted by molar-refractivity contribution is 14.0. The molecule has 13 heteroatoms. The molecule has 0 atom stereocenters. The van der Waals surface area contributed by atoms with Gasteiger partial charge in [-0.2, -0.15) is 17.5 Å². The van der Waals surface area contributed by atoms with E-state index in [0.717, 1.165) is 39.1 Å². The minimum absolute atomic E-state index is 0. The molecule has 0 amide bonds. The molecule has 29 heavy (non-hydrogen) atoms. The number of aliphatic imine (C=N–C) groups is 1. The van der Waals surface area contributed by atoms with Gasteiger partial charge >= 0.3 is 15.5 Å². The van der Waals surface area contributed by atoms with Crippen molar-refractivity contribution in [3.8, 4) is 0 Å². The van der Waals surface area contributed by atoms with Gasteiger partial charge in [-0.05, 0) is 39.4 Å². The number of nitrogens with one attached hydrogen (secondary N) is 2. The van der Waals surface area contributed by atoms with Crippen LogP contribution in [0.15, 0.2) is 4.99 Å². The fourth-order valence-electron chi connectivity index (χ4n) is 3.43. The number of rotatable bonds is 5. The zero-order chi connectivity index (χ0) is 20.8. The molecule has 0 aromatic rings. The molecule has 0 bridgehead atoms. The highest BCUT2D eigenvalue weighted by atomic mass is 127. The van der Waals surface area contributed by atoms with Gasteiger partial charge in [0, 0.05) is 52.4 Å². The second kappa shape index (κ2) is 11.9. The molecule has 2 fully saturated rings. The van der Waals surface area contributed by atoms with Crippen LogP contribution in [-0.4, -0.2) is 106 Å². The highest BCUT2D eigenvalue weighted by Gasteiger charge is 2.50. The largest absolute Gasteiger partial charge is 0.511 e. The molecule has 172 valence electrons. The van der Waals surface area contributed by atoms with Gasteiger partial charge in [0.15, 0.2) is 5.96 Å². The first kappa shape index (κ1) is 26.7. The molecule has 2 saturated heterocycles. The second-order valence-electron chi connectivity index (χ2n) is 7.27. The van der Waals surface area contributed by atoms with Crippen molar-refractivity contribution < 1.29 is 21.6 Å². The Bertz CT molecular complexity index is 627. The van der Waals surface area contributed by atoms with E-state index in [1.54, 1.807) is 7.05 Å². The quantitative estimate of drug-likeness (QED) is 0.295. The van der Waals surface area contributed by atoms with Crippen LogP contribution in [0.4, 0.5) is 13.2 Å². The topological polar surface area (TPSA) is 80.3 Å². The van der Waals surface area contributed by atoms with E-state index in [2.05, 4.69) is 32.5 Å². The monoisotopic (exact) mass is 556 g/mol. The lowest BCUT2D eigenvalue weighted by Crippen LogP contribution is -2.52. The van der Waals surface area contributed by atoms with Gasteiger partial charge < -0.3 is 20.4 Å². The molecule has 0 aromatic carbocycles. The van der Waals surface area contributed by atoms with Crippen LogP contribution in [0.1, 0.15) is 19.3 Å². The average Bonchev–Trinajstić information content (AvgIpc) is 2.84. The van der Waals surface area contributed by atoms with Crippen LogP contribution in [0.5, 0.6) is 0 Å². The highest BCUT2D eigenvalue weighted by Crippen LogP contribution is 2.28. The standard InChI is InChI=1S/C16H31F3N6O2S.HI/c1-20-15(21-6-11-24-8-3-7-23(2)12-13-24)22-14-4-9-25(10-5-14)28(26,27)16(17,18)19;/h14H,3-13H2,1-2H3,(H2,20,21,22);1H. The Kier molecular flexibility index (Phi) is 10.9. The van der Waals surface area contributed by atoms with Crippen molar-refractivity contribution >= 4 is 40.0 Å². The number of likely N-dealkylation sites (N-methyl/N-ethyl adjacent to an activating group) is 1. The molecule has 0 aromatic heterocycles. The van der Waals surface area contributed by atoms with Gasteiger partial charge in [0.2, 0.25) is 0 Å². The van der Waals surface area contributed by atoms with E-state index in [9.17, 15) is 21.6 Å². The summed E-state index contributed by atoms with van der Waals surface area (Å²) in [6, 6.07) is -0.113. The van der Waals surface area contributed by atoms with Crippen molar-refractivity contribution in [1.29, 1.82) is 0 Å². The maximum atomic E-state index is 12.6. The summed E-state index contributed by atoms with van der Waals surface area (Å²) in [5, 5.41) is 6.42. The summed E-state index contributed by atoms with van der Waals surface area (Å²) in [5.74, 6) is 0.587. The smallest absolute Gasteiger partial charge is 0.355 e. The summed E-state index contributed by atoms with van der Waals surface area (Å²) in [4.78, 5) is 8.87. The van der Waals surface area contributed by atoms with Gasteiger partial charge in [0.25, 0.3) is 0 Å². The van der Waals surface area contributed by atoms with E-state index in [0.29, 0.717) is 29.7 Å². The van der Waals surface area contributed by atoms with Gasteiger partial charge in [-0.15, -0.1) is 24.0 Å². The Balaban J connectivity index is 0.00000420. The normalized spacial score (nSPS) is 22.0. The summed E-state index contributed by atoms with van der Waals surface area (Å²) in [7, 11) is -1.48. The van der Waals surface area contributed by atoms with Crippen LogP contribution in [0.3, 0.4) is 0 Å². The average molecular weight is 556 g/mol. The molecule has 2 aliphatic heterocycles.